The van der Waals surface area contributed by atoms with Gasteiger partial charge in [-0.25, -0.2) is 4.79 Å². The minimum atomic E-state index is -0.571. The van der Waals surface area contributed by atoms with Crippen molar-refractivity contribution in [2.24, 2.45) is 10.7 Å². The fourth-order valence-corrected chi connectivity index (χ4v) is 5.79. The molecule has 0 aromatic heterocycles. The Balaban J connectivity index is 1.13. The number of nitrogens with two attached hydrogens (primary N) is 1. The number of esters is 1. The molecule has 0 aliphatic carbocycles. The molecule has 5 rings (SSSR count). The maximum Gasteiger partial charge on any atom is 0.414 e. The second kappa shape index (κ2) is 16.1. The summed E-state index contributed by atoms with van der Waals surface area (Å²) in [7, 11) is 0. The first kappa shape index (κ1) is 32.8. The summed E-state index contributed by atoms with van der Waals surface area (Å²) in [5, 5.41) is 0. The number of cyclic esters (lactones) is 1. The smallest absolute Gasteiger partial charge is 0.414 e. The van der Waals surface area contributed by atoms with Crippen LogP contribution >= 0.6 is 0 Å². The van der Waals surface area contributed by atoms with Gasteiger partial charge in [-0.3, -0.25) is 19.4 Å². The van der Waals surface area contributed by atoms with Crippen LogP contribution in [0.5, 0.6) is 0 Å². The molecule has 2 aliphatic rings. The van der Waals surface area contributed by atoms with Crippen molar-refractivity contribution in [2.75, 3.05) is 57.3 Å². The van der Waals surface area contributed by atoms with Crippen molar-refractivity contribution in [2.45, 2.75) is 38.2 Å². The van der Waals surface area contributed by atoms with E-state index in [1.165, 1.54) is 0 Å². The van der Waals surface area contributed by atoms with Crippen LogP contribution in [-0.2, 0) is 19.1 Å². The molecule has 3 aromatic carbocycles. The topological polar surface area (TPSA) is 118 Å². The van der Waals surface area contributed by atoms with Crippen LogP contribution in [0.25, 0.3) is 0 Å². The molecule has 2 heterocycles. The molecule has 1 unspecified atom stereocenters. The molecule has 2 fully saturated rings. The van der Waals surface area contributed by atoms with Crippen molar-refractivity contribution < 1.29 is 23.9 Å². The van der Waals surface area contributed by atoms with Crippen LogP contribution in [0.2, 0.25) is 0 Å². The van der Waals surface area contributed by atoms with Crippen molar-refractivity contribution >= 4 is 29.5 Å². The zero-order valence-corrected chi connectivity index (χ0v) is 26.4. The zero-order chi connectivity index (χ0) is 32.3. The molecule has 10 nitrogen and oxygen atoms in total. The maximum atomic E-state index is 13.4. The molecule has 0 radical (unpaired) electrons. The van der Waals surface area contributed by atoms with Gasteiger partial charge in [-0.1, -0.05) is 74.0 Å². The molecule has 0 saturated carbocycles. The van der Waals surface area contributed by atoms with Crippen molar-refractivity contribution in [3.8, 4) is 0 Å². The number of rotatable bonds is 13. The molecule has 2 aliphatic heterocycles. The summed E-state index contributed by atoms with van der Waals surface area (Å²) in [4.78, 5) is 48.6. The number of unbranched alkanes of at least 4 members (excludes halogenated alkanes) is 1. The van der Waals surface area contributed by atoms with Gasteiger partial charge in [0.2, 0.25) is 0 Å². The normalized spacial score (nSPS) is 17.7. The monoisotopic (exact) mass is 625 g/mol. The third-order valence-corrected chi connectivity index (χ3v) is 8.41. The van der Waals surface area contributed by atoms with E-state index in [2.05, 4.69) is 21.7 Å². The Bertz CT molecular complexity index is 1430. The molecule has 0 spiro atoms. The average molecular weight is 626 g/mol. The number of piperazine rings is 1. The highest BCUT2D eigenvalue weighted by atomic mass is 16.6. The lowest BCUT2D eigenvalue weighted by molar-refractivity contribution is -0.144. The molecular formula is C36H43N5O5. The lowest BCUT2D eigenvalue weighted by Gasteiger charge is -2.35. The molecule has 46 heavy (non-hydrogen) atoms. The quantitative estimate of drug-likeness (QED) is 0.128. The van der Waals surface area contributed by atoms with Gasteiger partial charge in [-0.2, -0.15) is 4.99 Å². The highest BCUT2D eigenvalue weighted by Gasteiger charge is 2.34. The Kier molecular flexibility index (Phi) is 11.5. The number of nitrogens with zero attached hydrogens (tertiary/aromatic N) is 4. The Morgan fingerprint density at radius 1 is 0.913 bits per heavy atom. The highest BCUT2D eigenvalue weighted by molar-refractivity contribution is 6.06. The van der Waals surface area contributed by atoms with Crippen molar-refractivity contribution in [1.82, 2.24) is 9.80 Å². The summed E-state index contributed by atoms with van der Waals surface area (Å²) in [6.45, 7) is 7.78. The van der Waals surface area contributed by atoms with E-state index >= 15 is 0 Å². The van der Waals surface area contributed by atoms with Gasteiger partial charge < -0.3 is 20.1 Å². The van der Waals surface area contributed by atoms with E-state index in [1.54, 1.807) is 29.2 Å². The summed E-state index contributed by atoms with van der Waals surface area (Å²) in [5.74, 6) is -0.942. The second-order valence-corrected chi connectivity index (χ2v) is 11.7. The van der Waals surface area contributed by atoms with Crippen LogP contribution in [-0.4, -0.2) is 92.1 Å². The number of anilines is 1. The van der Waals surface area contributed by atoms with Crippen LogP contribution in [0.3, 0.4) is 0 Å². The second-order valence-electron chi connectivity index (χ2n) is 11.7. The number of hydrogen-bond donors (Lipinski definition) is 1. The Labute approximate surface area is 270 Å². The fraction of sp³-hybridized carbons (Fsp3) is 0.389. The van der Waals surface area contributed by atoms with E-state index in [1.807, 2.05) is 60.7 Å². The van der Waals surface area contributed by atoms with E-state index in [4.69, 9.17) is 15.2 Å². The summed E-state index contributed by atoms with van der Waals surface area (Å²) in [5.41, 5.74) is 9.27. The summed E-state index contributed by atoms with van der Waals surface area (Å²) in [6.07, 6.45) is 1.69. The molecule has 2 saturated heterocycles. The predicted molar refractivity (Wildman–Crippen MR) is 178 cm³/mol. The number of ether oxygens (including phenoxy) is 2. The van der Waals surface area contributed by atoms with Gasteiger partial charge in [0.05, 0.1) is 25.5 Å². The largest absolute Gasteiger partial charge is 0.466 e. The fourth-order valence-electron chi connectivity index (χ4n) is 5.79. The maximum absolute atomic E-state index is 13.4. The molecule has 0 bridgehead atoms. The van der Waals surface area contributed by atoms with E-state index in [-0.39, 0.29) is 29.9 Å². The van der Waals surface area contributed by atoms with Crippen molar-refractivity contribution in [3.05, 3.63) is 102 Å². The molecule has 2 N–H and O–H groups in total. The number of carbonyl (C=O) groups is 3. The van der Waals surface area contributed by atoms with Crippen LogP contribution in [0.4, 0.5) is 10.5 Å². The van der Waals surface area contributed by atoms with Crippen LogP contribution in [0, 0.1) is 0 Å². The minimum absolute atomic E-state index is 0.114. The SMILES string of the molecule is CCCCOC(=O)CCN1CCN(CC2CN(c3ccc(C(N)=NC(=O)C(c4ccccc4)c4ccccc4)cc3)C(=O)O2)CC1. The van der Waals surface area contributed by atoms with Crippen LogP contribution in [0.15, 0.2) is 89.9 Å². The van der Waals surface area contributed by atoms with Gasteiger partial charge >= 0.3 is 12.1 Å². The zero-order valence-electron chi connectivity index (χ0n) is 26.4. The average Bonchev–Trinajstić information content (AvgIpc) is 3.45. The summed E-state index contributed by atoms with van der Waals surface area (Å²) < 4.78 is 11.0. The number of amidine groups is 1. The van der Waals surface area contributed by atoms with Gasteiger partial charge in [0.25, 0.3) is 5.91 Å². The first-order chi connectivity index (χ1) is 22.4. The van der Waals surface area contributed by atoms with Crippen molar-refractivity contribution in [3.63, 3.8) is 0 Å². The van der Waals surface area contributed by atoms with Gasteiger partial charge in [0, 0.05) is 50.5 Å². The van der Waals surface area contributed by atoms with E-state index < -0.39 is 5.92 Å². The molecule has 10 heteroatoms. The number of amides is 2. The molecule has 242 valence electrons. The van der Waals surface area contributed by atoms with Crippen LogP contribution < -0.4 is 10.6 Å². The lowest BCUT2D eigenvalue weighted by atomic mass is 9.90. The molecule has 2 amide bonds. The Morgan fingerprint density at radius 2 is 1.52 bits per heavy atom. The Morgan fingerprint density at radius 3 is 2.13 bits per heavy atom. The predicted octanol–water partition coefficient (Wildman–Crippen LogP) is 4.43. The van der Waals surface area contributed by atoms with E-state index in [0.717, 1.165) is 50.1 Å². The summed E-state index contributed by atoms with van der Waals surface area (Å²) in [6, 6.07) is 26.2. The number of carbonyl (C=O) groups excluding carboxylic acids is 3. The highest BCUT2D eigenvalue weighted by Crippen LogP contribution is 2.27. The number of hydrogen-bond acceptors (Lipinski definition) is 7. The first-order valence-corrected chi connectivity index (χ1v) is 16.1. The van der Waals surface area contributed by atoms with Gasteiger partial charge in [0.1, 0.15) is 11.9 Å². The number of aliphatic imine (C=N–C) groups is 1. The standard InChI is InChI=1S/C36H43N5O5/c1-2-3-24-45-32(42)18-19-39-20-22-40(23-21-39)25-31-26-41(36(44)46-31)30-16-14-29(15-17-30)34(37)38-35(43)33(27-10-6-4-7-11-27)28-12-8-5-9-13-28/h4-17,31,33H,2-3,18-26H2,1H3,(H2,37,38,43). The van der Waals surface area contributed by atoms with E-state index in [9.17, 15) is 14.4 Å². The third-order valence-electron chi connectivity index (χ3n) is 8.41. The minimum Gasteiger partial charge on any atom is -0.466 e. The molecule has 1 atom stereocenters. The first-order valence-electron chi connectivity index (χ1n) is 16.1. The van der Waals surface area contributed by atoms with Crippen LogP contribution in [0.1, 0.15) is 48.8 Å². The summed E-state index contributed by atoms with van der Waals surface area (Å²) >= 11 is 0. The number of benzene rings is 3. The van der Waals surface area contributed by atoms with Crippen molar-refractivity contribution in [1.29, 1.82) is 0 Å². The van der Waals surface area contributed by atoms with E-state index in [0.29, 0.717) is 43.9 Å². The van der Waals surface area contributed by atoms with Gasteiger partial charge in [-0.15, -0.1) is 0 Å². The Hall–Kier alpha value is -4.54. The molecule has 3 aromatic rings. The lowest BCUT2D eigenvalue weighted by Crippen LogP contribution is -2.49. The van der Waals surface area contributed by atoms with Gasteiger partial charge in [0.15, 0.2) is 0 Å². The van der Waals surface area contributed by atoms with Gasteiger partial charge in [-0.05, 0) is 41.8 Å². The third kappa shape index (κ3) is 8.80. The molecular weight excluding hydrogens is 582 g/mol.